The molecule has 0 unspecified atom stereocenters. The highest BCUT2D eigenvalue weighted by atomic mass is 32.2. The first kappa shape index (κ1) is 86.5. The molecule has 0 bridgehead atoms. The monoisotopic (exact) mass is 1760 g/mol. The molecule has 0 radical (unpaired) electrons. The van der Waals surface area contributed by atoms with Crippen LogP contribution >= 0.6 is 0 Å². The van der Waals surface area contributed by atoms with E-state index < -0.39 is 31.5 Å². The number of hydrogen-bond donors (Lipinski definition) is 4. The van der Waals surface area contributed by atoms with Gasteiger partial charge in [-0.2, -0.15) is 0 Å². The lowest BCUT2D eigenvalue weighted by Gasteiger charge is -2.26. The fraction of sp³-hybridized carbons (Fsp3) is 0.404. The Kier molecular flexibility index (Phi) is 26.6. The van der Waals surface area contributed by atoms with Gasteiger partial charge >= 0.3 is 0 Å². The van der Waals surface area contributed by atoms with Crippen LogP contribution in [-0.4, -0.2) is 238 Å². The summed E-state index contributed by atoms with van der Waals surface area (Å²) in [5, 5.41) is 21.3. The maximum atomic E-state index is 12.4. The summed E-state index contributed by atoms with van der Waals surface area (Å²) in [6, 6.07) is 39.2. The number of carbonyl (C=O) groups is 8. The summed E-state index contributed by atoms with van der Waals surface area (Å²) in [5.74, 6) is 0.396. The number of rotatable bonds is 22. The molecule has 0 aliphatic carbocycles. The lowest BCUT2D eigenvalue weighted by molar-refractivity contribution is -0.135. The molecule has 12 heterocycles. The maximum absolute atomic E-state index is 12.4. The second kappa shape index (κ2) is 38.7. The Hall–Kier alpha value is -11.6. The minimum atomic E-state index is -2.88. The third-order valence-corrected chi connectivity index (χ3v) is 28.1. The molecule has 4 atom stereocenters. The highest BCUT2D eigenvalue weighted by molar-refractivity contribution is 7.91. The second-order valence-electron chi connectivity index (χ2n) is 33.1. The Bertz CT molecular complexity index is 5970. The number of furan rings is 4. The third-order valence-electron chi connectivity index (χ3n) is 24.9. The molecule has 12 aromatic rings. The van der Waals surface area contributed by atoms with Gasteiger partial charge in [-0.3, -0.25) is 79.2 Å². The normalized spacial score (nSPS) is 21.0. The average Bonchev–Trinajstić information content (AvgIpc) is 1.61. The Labute approximate surface area is 725 Å². The van der Waals surface area contributed by atoms with Crippen molar-refractivity contribution in [1.82, 2.24) is 40.9 Å². The molecule has 4 aromatic heterocycles. The van der Waals surface area contributed by atoms with Crippen LogP contribution < -0.4 is 40.2 Å². The number of fused-ring (bicyclic) bond motifs is 12. The van der Waals surface area contributed by atoms with E-state index in [9.17, 15) is 55.2 Å². The molecule has 8 fully saturated rings. The van der Waals surface area contributed by atoms with E-state index in [1.54, 1.807) is 25.1 Å². The summed E-state index contributed by atoms with van der Waals surface area (Å²) in [7, 11) is -5.76. The van der Waals surface area contributed by atoms with Gasteiger partial charge in [-0.05, 0) is 179 Å². The van der Waals surface area contributed by atoms with Crippen LogP contribution in [-0.2, 0) is 67.5 Å². The van der Waals surface area contributed by atoms with Crippen molar-refractivity contribution in [2.75, 3.05) is 154 Å². The first-order valence-corrected chi connectivity index (χ1v) is 46.9. The van der Waals surface area contributed by atoms with Gasteiger partial charge in [0.05, 0.1) is 111 Å². The minimum absolute atomic E-state index is 0.208. The van der Waals surface area contributed by atoms with Crippen molar-refractivity contribution in [3.63, 3.8) is 0 Å². The van der Waals surface area contributed by atoms with Gasteiger partial charge in [0.25, 0.3) is 0 Å². The van der Waals surface area contributed by atoms with E-state index in [2.05, 4.69) is 40.9 Å². The summed E-state index contributed by atoms with van der Waals surface area (Å²) in [6.07, 6.45) is 11.7. The number of piperidine rings is 4. The van der Waals surface area contributed by atoms with E-state index in [0.29, 0.717) is 128 Å². The van der Waals surface area contributed by atoms with Crippen LogP contribution in [0, 0.1) is 0 Å². The van der Waals surface area contributed by atoms with E-state index in [-0.39, 0.29) is 82.1 Å². The first-order chi connectivity index (χ1) is 61.2. The van der Waals surface area contributed by atoms with Crippen LogP contribution in [0.4, 0.5) is 0 Å². The number of sulfone groups is 2. The fourth-order valence-electron chi connectivity index (χ4n) is 18.0. The Balaban J connectivity index is 0.000000119. The van der Waals surface area contributed by atoms with Crippen molar-refractivity contribution in [2.24, 2.45) is 0 Å². The highest BCUT2D eigenvalue weighted by Crippen LogP contribution is 2.43. The molecule has 8 aliphatic rings. The zero-order valence-electron chi connectivity index (χ0n) is 69.8. The van der Waals surface area contributed by atoms with Gasteiger partial charge in [0, 0.05) is 148 Å². The Morgan fingerprint density at radius 3 is 0.825 bits per heavy atom. The summed E-state index contributed by atoms with van der Waals surface area (Å²) < 4.78 is 104. The van der Waals surface area contributed by atoms with E-state index in [1.165, 1.54) is 0 Å². The number of carbonyl (C=O) groups excluding carboxylic acids is 8. The molecule has 0 saturated carbocycles. The lowest BCUT2D eigenvalue weighted by atomic mass is 9.89. The SMILES string of the molecule is O=C1CC[C@@H](c2coc3ccc4cc(OCCCN5CCOCC5)ccc4c23)C(=O)N1.O=C1CC[C@@H](c2coc3ccc4cc(OCCN5CCS(=O)(=O)CC5)ccc4c23)C(=O)N1.O=C1CC[C@H](c2coc3ccc4cc(OCCCN5CCOCC5)ccc4c23)C(=O)N1.O=C1CC[C@H](c2coc3ccc4cc(OCCN5CCS(=O)(=O)CC5)ccc4c23)C(=O)N1. The predicted molar refractivity (Wildman–Crippen MR) is 471 cm³/mol. The van der Waals surface area contributed by atoms with E-state index in [4.69, 9.17) is 46.1 Å². The van der Waals surface area contributed by atoms with Crippen LogP contribution in [0.3, 0.4) is 0 Å². The summed E-state index contributed by atoms with van der Waals surface area (Å²) in [6.45, 7) is 15.1. The molecule has 0 spiro atoms. The lowest BCUT2D eigenvalue weighted by Crippen LogP contribution is -2.42. The summed E-state index contributed by atoms with van der Waals surface area (Å²) >= 11 is 0. The quantitative estimate of drug-likeness (QED) is 0.0362. The van der Waals surface area contributed by atoms with Crippen LogP contribution in [0.1, 0.15) is 110 Å². The number of imide groups is 4. The van der Waals surface area contributed by atoms with Gasteiger partial charge in [0.15, 0.2) is 19.7 Å². The standard InChI is InChI=1S/2C24H26N2O5.2C23H24N2O6S/c2*27-22-7-5-19(24(28)25-22)20-15-31-21-6-2-16-14-17(3-4-18(16)23(20)21)30-11-1-8-26-9-12-29-13-10-26;2*26-21-6-4-18(23(27)24-21)19-14-31-20-5-1-15-13-16(2-3-17(15)22(19)20)30-10-7-25-8-11-32(28,29)12-9-25/h2*2-4,6,14-15,19H,1,5,7-13H2,(H,25,27,28);2*1-3,5,13-14,18H,4,6-12H2,(H,24,26,27)/t2*19-;2*18-/m1010/s1. The van der Waals surface area contributed by atoms with Crippen LogP contribution in [0.5, 0.6) is 23.0 Å². The van der Waals surface area contributed by atoms with Crippen LogP contribution in [0.15, 0.2) is 164 Å². The number of ether oxygens (including phenoxy) is 6. The van der Waals surface area contributed by atoms with E-state index >= 15 is 0 Å². The second-order valence-corrected chi connectivity index (χ2v) is 37.7. The van der Waals surface area contributed by atoms with Crippen molar-refractivity contribution in [1.29, 1.82) is 0 Å². The predicted octanol–water partition coefficient (Wildman–Crippen LogP) is 10.8. The topological polar surface area (TPSA) is 374 Å². The largest absolute Gasteiger partial charge is 0.494 e. The van der Waals surface area contributed by atoms with E-state index in [0.717, 1.165) is 200 Å². The molecule has 660 valence electrons. The third kappa shape index (κ3) is 20.3. The van der Waals surface area contributed by atoms with Crippen molar-refractivity contribution in [3.8, 4) is 23.0 Å². The number of morpholine rings is 2. The van der Waals surface area contributed by atoms with Crippen molar-refractivity contribution in [3.05, 3.63) is 169 Å². The van der Waals surface area contributed by atoms with Crippen molar-refractivity contribution >= 4 is 154 Å². The Morgan fingerprint density at radius 2 is 0.563 bits per heavy atom. The van der Waals surface area contributed by atoms with Gasteiger partial charge in [0.2, 0.25) is 47.3 Å². The molecular weight excluding hydrogens is 1660 g/mol. The number of benzene rings is 8. The number of amides is 8. The zero-order valence-corrected chi connectivity index (χ0v) is 71.4. The van der Waals surface area contributed by atoms with Gasteiger partial charge in [-0.1, -0.05) is 24.3 Å². The number of nitrogens with one attached hydrogen (secondary N) is 4. The highest BCUT2D eigenvalue weighted by Gasteiger charge is 2.36. The van der Waals surface area contributed by atoms with Gasteiger partial charge < -0.3 is 46.1 Å². The molecule has 8 saturated heterocycles. The molecule has 20 rings (SSSR count). The molecule has 8 aliphatic heterocycles. The van der Waals surface area contributed by atoms with Gasteiger partial charge in [0.1, 0.15) is 58.5 Å². The zero-order chi connectivity index (χ0) is 87.0. The van der Waals surface area contributed by atoms with Crippen molar-refractivity contribution in [2.45, 2.75) is 87.9 Å². The molecule has 8 amide bonds. The first-order valence-electron chi connectivity index (χ1n) is 43.2. The number of nitrogens with zero attached hydrogens (tertiary/aromatic N) is 4. The van der Waals surface area contributed by atoms with Crippen LogP contribution in [0.2, 0.25) is 0 Å². The summed E-state index contributed by atoms with van der Waals surface area (Å²) in [5.41, 5.74) is 6.15. The molecule has 4 N–H and O–H groups in total. The average molecular weight is 1760 g/mol. The molecule has 8 aromatic carbocycles. The molecule has 30 nitrogen and oxygen atoms in total. The maximum Gasteiger partial charge on any atom is 0.234 e. The molecule has 126 heavy (non-hydrogen) atoms. The Morgan fingerprint density at radius 1 is 0.310 bits per heavy atom. The van der Waals surface area contributed by atoms with Crippen molar-refractivity contribution < 1.29 is 101 Å². The molecule has 32 heteroatoms. The minimum Gasteiger partial charge on any atom is -0.494 e. The fourth-order valence-corrected chi connectivity index (χ4v) is 20.5. The van der Waals surface area contributed by atoms with E-state index in [1.807, 2.05) is 121 Å². The smallest absolute Gasteiger partial charge is 0.234 e. The number of hydrogen-bond acceptors (Lipinski definition) is 26. The van der Waals surface area contributed by atoms with Crippen LogP contribution in [0.25, 0.3) is 87.0 Å². The molecular formula is C94H100N8O22S2. The van der Waals surface area contributed by atoms with Gasteiger partial charge in [-0.25, -0.2) is 16.8 Å². The summed E-state index contributed by atoms with van der Waals surface area (Å²) in [4.78, 5) is 105. The van der Waals surface area contributed by atoms with Gasteiger partial charge in [-0.15, -0.1) is 0 Å².